The molecule has 0 aromatic carbocycles. The molecule has 1 rings (SSSR count). The van der Waals surface area contributed by atoms with Crippen LogP contribution >= 0.6 is 0 Å². The smallest absolute Gasteiger partial charge is 0.211 e. The number of aliphatic hydroxyl groups excluding tert-OH is 1. The van der Waals surface area contributed by atoms with Gasteiger partial charge in [-0.25, -0.2) is 13.1 Å². The summed E-state index contributed by atoms with van der Waals surface area (Å²) in [7, 11) is -1.44. The van der Waals surface area contributed by atoms with E-state index >= 15 is 0 Å². The lowest BCUT2D eigenvalue weighted by atomic mass is 10.3. The lowest BCUT2D eigenvalue weighted by Gasteiger charge is -2.05. The van der Waals surface area contributed by atoms with Gasteiger partial charge in [-0.2, -0.15) is 5.10 Å². The van der Waals surface area contributed by atoms with Gasteiger partial charge in [0.05, 0.1) is 11.9 Å². The lowest BCUT2D eigenvalue weighted by molar-refractivity contribution is 0.287. The normalized spacial score (nSPS) is 11.9. The zero-order valence-electron chi connectivity index (χ0n) is 10.2. The van der Waals surface area contributed by atoms with E-state index < -0.39 is 10.0 Å². The molecule has 1 aromatic heterocycles. The Morgan fingerprint density at radius 3 is 2.71 bits per heavy atom. The number of sulfonamides is 1. The Balaban J connectivity index is 2.47. The van der Waals surface area contributed by atoms with Gasteiger partial charge in [0.2, 0.25) is 10.0 Å². The van der Waals surface area contributed by atoms with E-state index in [2.05, 4.69) is 9.82 Å². The molecule has 7 heteroatoms. The molecule has 0 spiro atoms. The van der Waals surface area contributed by atoms with Crippen LogP contribution in [-0.2, 0) is 23.6 Å². The van der Waals surface area contributed by atoms with E-state index in [-0.39, 0.29) is 18.9 Å². The summed E-state index contributed by atoms with van der Waals surface area (Å²) < 4.78 is 27.4. The highest BCUT2D eigenvalue weighted by Crippen LogP contribution is 2.05. The maximum atomic E-state index is 11.6. The van der Waals surface area contributed by atoms with Crippen molar-refractivity contribution in [3.05, 3.63) is 17.5 Å². The molecular formula is C10H19N3O3S. The van der Waals surface area contributed by atoms with E-state index in [0.29, 0.717) is 12.8 Å². The summed E-state index contributed by atoms with van der Waals surface area (Å²) in [5.74, 6) is 0.0485. The van der Waals surface area contributed by atoms with Crippen molar-refractivity contribution < 1.29 is 13.5 Å². The Morgan fingerprint density at radius 1 is 1.47 bits per heavy atom. The number of aromatic nitrogens is 2. The number of hydrogen-bond donors (Lipinski definition) is 2. The van der Waals surface area contributed by atoms with Crippen LogP contribution in [0.1, 0.15) is 24.1 Å². The van der Waals surface area contributed by atoms with E-state index in [4.69, 9.17) is 5.11 Å². The minimum Gasteiger partial charge on any atom is -0.396 e. The third-order valence-electron chi connectivity index (χ3n) is 2.64. The zero-order chi connectivity index (χ0) is 12.9. The van der Waals surface area contributed by atoms with Crippen molar-refractivity contribution in [2.24, 2.45) is 7.05 Å². The largest absolute Gasteiger partial charge is 0.396 e. The standard InChI is InChI=1S/C10H19N3O3S/c1-9-10(7-11-13(9)2)8-12-17(15,16)6-4-3-5-14/h7,12,14H,3-6,8H2,1-2H3. The van der Waals surface area contributed by atoms with Crippen LogP contribution in [0.3, 0.4) is 0 Å². The fourth-order valence-corrected chi connectivity index (χ4v) is 2.49. The van der Waals surface area contributed by atoms with Gasteiger partial charge < -0.3 is 5.11 Å². The third-order valence-corrected chi connectivity index (χ3v) is 4.05. The van der Waals surface area contributed by atoms with Crippen LogP contribution in [0.4, 0.5) is 0 Å². The van der Waals surface area contributed by atoms with E-state index in [9.17, 15) is 8.42 Å². The molecule has 0 aliphatic rings. The zero-order valence-corrected chi connectivity index (χ0v) is 11.0. The first kappa shape index (κ1) is 14.1. The first-order valence-electron chi connectivity index (χ1n) is 5.52. The van der Waals surface area contributed by atoms with Gasteiger partial charge in [-0.3, -0.25) is 4.68 Å². The first-order valence-corrected chi connectivity index (χ1v) is 7.17. The number of aliphatic hydroxyl groups is 1. The Bertz CT molecular complexity index is 453. The minimum atomic E-state index is -3.26. The number of nitrogens with zero attached hydrogens (tertiary/aromatic N) is 2. The maximum Gasteiger partial charge on any atom is 0.211 e. The van der Waals surface area contributed by atoms with Crippen molar-refractivity contribution in [2.75, 3.05) is 12.4 Å². The predicted octanol–water partition coefficient (Wildman–Crippen LogP) is -0.0796. The number of rotatable bonds is 7. The van der Waals surface area contributed by atoms with Crippen molar-refractivity contribution in [3.8, 4) is 0 Å². The summed E-state index contributed by atoms with van der Waals surface area (Å²) in [4.78, 5) is 0. The van der Waals surface area contributed by atoms with E-state index in [1.54, 1.807) is 10.9 Å². The van der Waals surface area contributed by atoms with Gasteiger partial charge in [0.1, 0.15) is 0 Å². The van der Waals surface area contributed by atoms with Gasteiger partial charge in [0.15, 0.2) is 0 Å². The third kappa shape index (κ3) is 4.45. The van der Waals surface area contributed by atoms with Crippen LogP contribution in [0, 0.1) is 6.92 Å². The van der Waals surface area contributed by atoms with Gasteiger partial charge in [-0.1, -0.05) is 0 Å². The van der Waals surface area contributed by atoms with Crippen LogP contribution in [0.15, 0.2) is 6.20 Å². The molecule has 6 nitrogen and oxygen atoms in total. The Labute approximate surface area is 102 Å². The highest BCUT2D eigenvalue weighted by Gasteiger charge is 2.11. The summed E-state index contributed by atoms with van der Waals surface area (Å²) in [5, 5.41) is 12.6. The molecule has 0 atom stereocenters. The van der Waals surface area contributed by atoms with E-state index in [1.165, 1.54) is 0 Å². The fraction of sp³-hybridized carbons (Fsp3) is 0.700. The maximum absolute atomic E-state index is 11.6. The highest BCUT2D eigenvalue weighted by atomic mass is 32.2. The Kier molecular flexibility index (Phi) is 5.10. The fourth-order valence-electron chi connectivity index (χ4n) is 1.38. The molecule has 17 heavy (non-hydrogen) atoms. The van der Waals surface area contributed by atoms with Crippen LogP contribution in [0.2, 0.25) is 0 Å². The van der Waals surface area contributed by atoms with Crippen molar-refractivity contribution in [3.63, 3.8) is 0 Å². The second-order valence-corrected chi connectivity index (χ2v) is 5.88. The van der Waals surface area contributed by atoms with Gasteiger partial charge >= 0.3 is 0 Å². The SMILES string of the molecule is Cc1c(CNS(=O)(=O)CCCCO)cnn1C. The van der Waals surface area contributed by atoms with Gasteiger partial charge in [-0.05, 0) is 19.8 Å². The van der Waals surface area contributed by atoms with Crippen molar-refractivity contribution >= 4 is 10.0 Å². The average Bonchev–Trinajstić information content (AvgIpc) is 2.58. The molecule has 0 bridgehead atoms. The molecule has 0 aliphatic carbocycles. The van der Waals surface area contributed by atoms with Crippen molar-refractivity contribution in [1.82, 2.24) is 14.5 Å². The predicted molar refractivity (Wildman–Crippen MR) is 64.9 cm³/mol. The second kappa shape index (κ2) is 6.13. The molecule has 98 valence electrons. The summed E-state index contributed by atoms with van der Waals surface area (Å²) in [6, 6.07) is 0. The molecule has 1 heterocycles. The van der Waals surface area contributed by atoms with Crippen LogP contribution in [-0.4, -0.2) is 35.7 Å². The Hall–Kier alpha value is -0.920. The van der Waals surface area contributed by atoms with Gasteiger partial charge in [-0.15, -0.1) is 0 Å². The van der Waals surface area contributed by atoms with Crippen LogP contribution in [0.5, 0.6) is 0 Å². The Morgan fingerprint density at radius 2 is 2.18 bits per heavy atom. The second-order valence-electron chi connectivity index (χ2n) is 3.95. The number of unbranched alkanes of at least 4 members (excludes halogenated alkanes) is 1. The summed E-state index contributed by atoms with van der Waals surface area (Å²) in [5.41, 5.74) is 1.82. The minimum absolute atomic E-state index is 0.0250. The summed E-state index contributed by atoms with van der Waals surface area (Å²) >= 11 is 0. The number of aryl methyl sites for hydroxylation is 1. The van der Waals surface area contributed by atoms with E-state index in [0.717, 1.165) is 11.3 Å². The van der Waals surface area contributed by atoms with Crippen molar-refractivity contribution in [1.29, 1.82) is 0 Å². The monoisotopic (exact) mass is 261 g/mol. The molecule has 0 fully saturated rings. The lowest BCUT2D eigenvalue weighted by Crippen LogP contribution is -2.26. The quantitative estimate of drug-likeness (QED) is 0.672. The average molecular weight is 261 g/mol. The molecular weight excluding hydrogens is 242 g/mol. The number of hydrogen-bond acceptors (Lipinski definition) is 4. The molecule has 0 unspecified atom stereocenters. The van der Waals surface area contributed by atoms with Crippen LogP contribution in [0.25, 0.3) is 0 Å². The molecule has 2 N–H and O–H groups in total. The van der Waals surface area contributed by atoms with Crippen molar-refractivity contribution in [2.45, 2.75) is 26.3 Å². The molecule has 0 aliphatic heterocycles. The molecule has 0 radical (unpaired) electrons. The summed E-state index contributed by atoms with van der Waals surface area (Å²) in [6.45, 7) is 2.18. The number of nitrogens with one attached hydrogen (secondary N) is 1. The summed E-state index contributed by atoms with van der Waals surface area (Å²) in [6.07, 6.45) is 2.64. The highest BCUT2D eigenvalue weighted by molar-refractivity contribution is 7.89. The first-order chi connectivity index (χ1) is 7.96. The van der Waals surface area contributed by atoms with E-state index in [1.807, 2.05) is 14.0 Å². The molecule has 0 saturated heterocycles. The van der Waals surface area contributed by atoms with Crippen LogP contribution < -0.4 is 4.72 Å². The molecule has 0 saturated carbocycles. The van der Waals surface area contributed by atoms with Gasteiger partial charge in [0, 0.05) is 31.5 Å². The van der Waals surface area contributed by atoms with Gasteiger partial charge in [0.25, 0.3) is 0 Å². The molecule has 0 amide bonds. The topological polar surface area (TPSA) is 84.2 Å². The molecule has 1 aromatic rings.